The van der Waals surface area contributed by atoms with Gasteiger partial charge in [-0.3, -0.25) is 14.8 Å². The molecule has 1 fully saturated rings. The van der Waals surface area contributed by atoms with Crippen LogP contribution in [0.1, 0.15) is 23.9 Å². The highest BCUT2D eigenvalue weighted by Gasteiger charge is 2.28. The molecule has 4 heterocycles. The number of H-pyrrole nitrogens is 2. The van der Waals surface area contributed by atoms with E-state index in [1.807, 2.05) is 11.8 Å². The standard InChI is InChI=1S/C28H30F2N8O3/c1-2-15-11-23(39)18(29)12-17(15)16-9-19(30)25-21(10-16)34-35-26(25)27-32-20-3-4-38(13-22(20)33-27)24(40)14-36-5-7-37(8-6-36)28(31)41/h9-12,39H,2-8,13-14H2,1H3,(H2,31,41)(H,32,33)(H,34,35). The minimum absolute atomic E-state index is 0.0137. The van der Waals surface area contributed by atoms with E-state index in [1.54, 1.807) is 15.9 Å². The maximum Gasteiger partial charge on any atom is 0.314 e. The number of carbonyl (C=O) groups is 2. The van der Waals surface area contributed by atoms with Gasteiger partial charge in [-0.1, -0.05) is 6.92 Å². The van der Waals surface area contributed by atoms with Gasteiger partial charge in [0.1, 0.15) is 11.5 Å². The number of imidazole rings is 1. The van der Waals surface area contributed by atoms with Crippen LogP contribution in [0.3, 0.4) is 0 Å². The number of piperazine rings is 1. The lowest BCUT2D eigenvalue weighted by molar-refractivity contribution is -0.133. The molecule has 0 unspecified atom stereocenters. The number of aromatic amines is 2. The fourth-order valence-corrected chi connectivity index (χ4v) is 5.64. The van der Waals surface area contributed by atoms with E-state index >= 15 is 4.39 Å². The molecule has 214 valence electrons. The minimum atomic E-state index is -0.776. The van der Waals surface area contributed by atoms with Gasteiger partial charge in [0.25, 0.3) is 0 Å². The molecule has 3 amide bonds. The average Bonchev–Trinajstić information content (AvgIpc) is 3.58. The summed E-state index contributed by atoms with van der Waals surface area (Å²) in [6.45, 7) is 5.16. The van der Waals surface area contributed by atoms with Crippen LogP contribution in [0.4, 0.5) is 13.6 Å². The number of fused-ring (bicyclic) bond motifs is 2. The first-order valence-corrected chi connectivity index (χ1v) is 13.5. The molecule has 11 nitrogen and oxygen atoms in total. The Balaban J connectivity index is 1.21. The van der Waals surface area contributed by atoms with Crippen molar-refractivity contribution in [1.29, 1.82) is 0 Å². The number of aromatic hydroxyl groups is 1. The number of aryl methyl sites for hydroxylation is 1. The Hall–Kier alpha value is -4.52. The molecule has 2 aromatic carbocycles. The van der Waals surface area contributed by atoms with E-state index in [1.165, 1.54) is 18.2 Å². The van der Waals surface area contributed by atoms with Gasteiger partial charge in [-0.05, 0) is 47.4 Å². The predicted octanol–water partition coefficient (Wildman–Crippen LogP) is 2.75. The fraction of sp³-hybridized carbons (Fsp3) is 0.357. The first kappa shape index (κ1) is 26.7. The average molecular weight is 565 g/mol. The van der Waals surface area contributed by atoms with Crippen molar-refractivity contribution >= 4 is 22.8 Å². The van der Waals surface area contributed by atoms with Crippen LogP contribution in [0.25, 0.3) is 33.5 Å². The molecule has 0 saturated carbocycles. The largest absolute Gasteiger partial charge is 0.505 e. The Kier molecular flexibility index (Phi) is 6.81. The van der Waals surface area contributed by atoms with Crippen molar-refractivity contribution < 1.29 is 23.5 Å². The highest BCUT2D eigenvalue weighted by Crippen LogP contribution is 2.35. The van der Waals surface area contributed by atoms with Crippen LogP contribution in [0.5, 0.6) is 5.75 Å². The third-order valence-corrected chi connectivity index (χ3v) is 7.93. The number of urea groups is 1. The molecule has 0 aliphatic carbocycles. The Labute approximate surface area is 233 Å². The Morgan fingerprint density at radius 3 is 2.56 bits per heavy atom. The van der Waals surface area contributed by atoms with Gasteiger partial charge < -0.3 is 25.6 Å². The van der Waals surface area contributed by atoms with Crippen molar-refractivity contribution in [1.82, 2.24) is 34.9 Å². The van der Waals surface area contributed by atoms with Gasteiger partial charge in [-0.15, -0.1) is 0 Å². The van der Waals surface area contributed by atoms with Crippen molar-refractivity contribution in [2.75, 3.05) is 39.3 Å². The molecular weight excluding hydrogens is 534 g/mol. The van der Waals surface area contributed by atoms with Crippen LogP contribution in [-0.4, -0.2) is 91.2 Å². The van der Waals surface area contributed by atoms with Crippen molar-refractivity contribution in [2.45, 2.75) is 26.3 Å². The van der Waals surface area contributed by atoms with E-state index in [9.17, 15) is 19.1 Å². The van der Waals surface area contributed by atoms with Crippen molar-refractivity contribution in [2.24, 2.45) is 5.73 Å². The van der Waals surface area contributed by atoms with E-state index in [4.69, 9.17) is 5.73 Å². The number of hydrogen-bond acceptors (Lipinski definition) is 6. The molecule has 2 aliphatic heterocycles. The van der Waals surface area contributed by atoms with Gasteiger partial charge in [0.15, 0.2) is 17.4 Å². The van der Waals surface area contributed by atoms with Crippen LogP contribution >= 0.6 is 0 Å². The van der Waals surface area contributed by atoms with Gasteiger partial charge in [0, 0.05) is 39.1 Å². The Morgan fingerprint density at radius 1 is 1.05 bits per heavy atom. The number of hydrogen-bond donors (Lipinski definition) is 4. The van der Waals surface area contributed by atoms with E-state index in [2.05, 4.69) is 20.2 Å². The number of phenolic OH excluding ortho intramolecular Hbond substituents is 1. The number of carbonyl (C=O) groups excluding carboxylic acids is 2. The van der Waals surface area contributed by atoms with E-state index in [-0.39, 0.29) is 17.8 Å². The molecule has 0 radical (unpaired) electrons. The third-order valence-electron chi connectivity index (χ3n) is 7.93. The van der Waals surface area contributed by atoms with Crippen LogP contribution in [0.2, 0.25) is 0 Å². The van der Waals surface area contributed by atoms with E-state index in [0.717, 1.165) is 11.4 Å². The molecule has 1 saturated heterocycles. The molecule has 0 spiro atoms. The third kappa shape index (κ3) is 4.97. The molecule has 13 heteroatoms. The summed E-state index contributed by atoms with van der Waals surface area (Å²) < 4.78 is 29.7. The fourth-order valence-electron chi connectivity index (χ4n) is 5.64. The number of aromatic nitrogens is 4. The number of nitrogens with one attached hydrogen (secondary N) is 2. The smallest absolute Gasteiger partial charge is 0.314 e. The number of halogens is 2. The molecule has 2 aliphatic rings. The van der Waals surface area contributed by atoms with Gasteiger partial charge in [-0.2, -0.15) is 5.10 Å². The summed E-state index contributed by atoms with van der Waals surface area (Å²) >= 11 is 0. The number of benzene rings is 2. The second kappa shape index (κ2) is 10.5. The van der Waals surface area contributed by atoms with Gasteiger partial charge in [0.05, 0.1) is 35.4 Å². The topological polar surface area (TPSA) is 147 Å². The van der Waals surface area contributed by atoms with E-state index < -0.39 is 23.4 Å². The highest BCUT2D eigenvalue weighted by atomic mass is 19.1. The second-order valence-corrected chi connectivity index (χ2v) is 10.4. The van der Waals surface area contributed by atoms with Crippen LogP contribution in [-0.2, 0) is 24.2 Å². The minimum Gasteiger partial charge on any atom is -0.505 e. The summed E-state index contributed by atoms with van der Waals surface area (Å²) in [5, 5.41) is 17.2. The highest BCUT2D eigenvalue weighted by molar-refractivity contribution is 5.94. The summed E-state index contributed by atoms with van der Waals surface area (Å²) in [4.78, 5) is 37.6. The zero-order valence-electron chi connectivity index (χ0n) is 22.5. The predicted molar refractivity (Wildman–Crippen MR) is 147 cm³/mol. The zero-order chi connectivity index (χ0) is 28.8. The summed E-state index contributed by atoms with van der Waals surface area (Å²) in [7, 11) is 0. The molecule has 2 aromatic heterocycles. The SMILES string of the molecule is CCc1cc(O)c(F)cc1-c1cc(F)c2c(-c3nc4c([nH]3)CN(C(=O)CN3CCN(C(N)=O)CC3)CC4)n[nH]c2c1. The lowest BCUT2D eigenvalue weighted by atomic mass is 9.96. The molecular formula is C28H30F2N8O3. The number of nitrogens with zero attached hydrogens (tertiary/aromatic N) is 5. The number of rotatable bonds is 5. The Morgan fingerprint density at radius 2 is 1.83 bits per heavy atom. The normalized spacial score (nSPS) is 15.9. The summed E-state index contributed by atoms with van der Waals surface area (Å²) in [5.41, 5.74) is 9.31. The summed E-state index contributed by atoms with van der Waals surface area (Å²) in [5.74, 6) is -1.38. The summed E-state index contributed by atoms with van der Waals surface area (Å²) in [6, 6.07) is 5.15. The van der Waals surface area contributed by atoms with Gasteiger partial charge in [0.2, 0.25) is 5.91 Å². The number of phenols is 1. The number of nitrogens with two attached hydrogens (primary N) is 1. The second-order valence-electron chi connectivity index (χ2n) is 10.4. The number of primary amides is 1. The number of amides is 3. The molecule has 0 atom stereocenters. The first-order chi connectivity index (χ1) is 19.7. The maximum absolute atomic E-state index is 15.5. The molecule has 5 N–H and O–H groups in total. The molecule has 4 aromatic rings. The first-order valence-electron chi connectivity index (χ1n) is 13.5. The van der Waals surface area contributed by atoms with Crippen LogP contribution < -0.4 is 5.73 Å². The molecule has 6 rings (SSSR count). The maximum atomic E-state index is 15.5. The van der Waals surface area contributed by atoms with Crippen LogP contribution in [0, 0.1) is 11.6 Å². The summed E-state index contributed by atoms with van der Waals surface area (Å²) in [6.07, 6.45) is 1.08. The van der Waals surface area contributed by atoms with Gasteiger partial charge >= 0.3 is 6.03 Å². The zero-order valence-corrected chi connectivity index (χ0v) is 22.5. The van der Waals surface area contributed by atoms with Crippen molar-refractivity contribution in [3.8, 4) is 28.4 Å². The van der Waals surface area contributed by atoms with Crippen molar-refractivity contribution in [3.63, 3.8) is 0 Å². The van der Waals surface area contributed by atoms with Crippen LogP contribution in [0.15, 0.2) is 24.3 Å². The van der Waals surface area contributed by atoms with Gasteiger partial charge in [-0.25, -0.2) is 18.6 Å². The lowest BCUT2D eigenvalue weighted by Crippen LogP contribution is -2.53. The Bertz CT molecular complexity index is 1660. The van der Waals surface area contributed by atoms with Crippen molar-refractivity contribution in [3.05, 3.63) is 52.9 Å². The molecule has 41 heavy (non-hydrogen) atoms. The molecule has 0 bridgehead atoms. The van der Waals surface area contributed by atoms with E-state index in [0.29, 0.717) is 85.8 Å². The lowest BCUT2D eigenvalue weighted by Gasteiger charge is -2.35. The quantitative estimate of drug-likeness (QED) is 0.293. The monoisotopic (exact) mass is 564 g/mol.